The Bertz CT molecular complexity index is 793. The van der Waals surface area contributed by atoms with Crippen molar-refractivity contribution in [1.29, 1.82) is 0 Å². The number of aliphatic hydroxyl groups is 1. The third-order valence-electron chi connectivity index (χ3n) is 3.81. The Morgan fingerprint density at radius 2 is 2.19 bits per heavy atom. The number of fused-ring (bicyclic) bond motifs is 1. The van der Waals surface area contributed by atoms with Crippen molar-refractivity contribution in [2.45, 2.75) is 25.9 Å². The van der Waals surface area contributed by atoms with Crippen LogP contribution in [-0.4, -0.2) is 47.3 Å². The van der Waals surface area contributed by atoms with Crippen molar-refractivity contribution >= 4 is 21.8 Å². The maximum atomic E-state index is 12.2. The van der Waals surface area contributed by atoms with E-state index in [0.29, 0.717) is 21.7 Å². The molecule has 1 aromatic carbocycles. The monoisotopic (exact) mass is 425 g/mol. The minimum atomic E-state index is -0.869. The van der Waals surface area contributed by atoms with Crippen molar-refractivity contribution in [2.24, 2.45) is 0 Å². The van der Waals surface area contributed by atoms with Gasteiger partial charge in [0.1, 0.15) is 18.5 Å². The molecule has 1 aromatic heterocycles. The molecule has 0 radical (unpaired) electrons. The van der Waals surface area contributed by atoms with E-state index in [4.69, 9.17) is 14.2 Å². The number of ether oxygens (including phenoxy) is 3. The number of halogens is 1. The van der Waals surface area contributed by atoms with Crippen LogP contribution in [-0.2, 0) is 0 Å². The zero-order valence-corrected chi connectivity index (χ0v) is 16.0. The molecule has 1 unspecified atom stereocenters. The number of rotatable bonds is 7. The lowest BCUT2D eigenvalue weighted by atomic mass is 10.1. The molecule has 0 saturated heterocycles. The van der Waals surface area contributed by atoms with Crippen LogP contribution in [0.25, 0.3) is 0 Å². The van der Waals surface area contributed by atoms with Crippen LogP contribution in [0.15, 0.2) is 22.7 Å². The van der Waals surface area contributed by atoms with Crippen LogP contribution in [0.3, 0.4) is 0 Å². The Morgan fingerprint density at radius 3 is 2.92 bits per heavy atom. The Hall–Kier alpha value is -2.26. The lowest BCUT2D eigenvalue weighted by Crippen LogP contribution is -2.35. The molecule has 0 spiro atoms. The van der Waals surface area contributed by atoms with Crippen molar-refractivity contribution < 1.29 is 24.1 Å². The van der Waals surface area contributed by atoms with Gasteiger partial charge in [-0.3, -0.25) is 9.89 Å². The van der Waals surface area contributed by atoms with Gasteiger partial charge in [0.15, 0.2) is 17.2 Å². The van der Waals surface area contributed by atoms with Crippen LogP contribution in [0.2, 0.25) is 0 Å². The number of carbonyl (C=O) groups excluding carboxylic acids is 1. The standard InChI is InChI=1S/C17H20BrN3O5/c1-9(2)15-14(18)16(21-20-15)17(23)19-6-10(22)7-24-11-3-4-12-13(5-11)26-8-25-12/h3-5,9-10,22H,6-8H2,1-2H3,(H,19,23)(H,20,21). The molecule has 0 aliphatic carbocycles. The summed E-state index contributed by atoms with van der Waals surface area (Å²) in [4.78, 5) is 12.2. The number of H-pyrrole nitrogens is 1. The van der Waals surface area contributed by atoms with Crippen molar-refractivity contribution in [1.82, 2.24) is 15.5 Å². The molecule has 0 fully saturated rings. The van der Waals surface area contributed by atoms with Gasteiger partial charge < -0.3 is 24.6 Å². The fourth-order valence-electron chi connectivity index (χ4n) is 2.39. The summed E-state index contributed by atoms with van der Waals surface area (Å²) in [7, 11) is 0. The van der Waals surface area contributed by atoms with Gasteiger partial charge in [0.2, 0.25) is 6.79 Å². The number of nitrogens with one attached hydrogen (secondary N) is 2. The average molecular weight is 426 g/mol. The Labute approximate surface area is 159 Å². The number of amides is 1. The molecule has 1 aliphatic rings. The molecule has 2 aromatic rings. The van der Waals surface area contributed by atoms with Gasteiger partial charge in [0.05, 0.1) is 10.2 Å². The van der Waals surface area contributed by atoms with E-state index in [1.54, 1.807) is 18.2 Å². The predicted molar refractivity (Wildman–Crippen MR) is 96.8 cm³/mol. The first-order valence-corrected chi connectivity index (χ1v) is 8.97. The predicted octanol–water partition coefficient (Wildman–Crippen LogP) is 2.19. The Kier molecular flexibility index (Phi) is 5.67. The second-order valence-corrected chi connectivity index (χ2v) is 6.94. The highest BCUT2D eigenvalue weighted by Crippen LogP contribution is 2.35. The number of aliphatic hydroxyl groups excluding tert-OH is 1. The van der Waals surface area contributed by atoms with E-state index < -0.39 is 6.10 Å². The van der Waals surface area contributed by atoms with Crippen molar-refractivity contribution in [3.63, 3.8) is 0 Å². The third-order valence-corrected chi connectivity index (χ3v) is 4.61. The molecule has 8 nitrogen and oxygen atoms in total. The first kappa shape index (κ1) is 18.5. The van der Waals surface area contributed by atoms with Crippen molar-refractivity contribution in [2.75, 3.05) is 19.9 Å². The average Bonchev–Trinajstić information content (AvgIpc) is 3.23. The lowest BCUT2D eigenvalue weighted by Gasteiger charge is -2.13. The van der Waals surface area contributed by atoms with Gasteiger partial charge in [-0.1, -0.05) is 13.8 Å². The summed E-state index contributed by atoms with van der Waals surface area (Å²) in [6.45, 7) is 4.25. The molecule has 0 saturated carbocycles. The van der Waals surface area contributed by atoms with Crippen molar-refractivity contribution in [3.05, 3.63) is 34.1 Å². The molecule has 1 aliphatic heterocycles. The van der Waals surface area contributed by atoms with Crippen LogP contribution in [0.1, 0.15) is 35.9 Å². The van der Waals surface area contributed by atoms with Gasteiger partial charge in [0, 0.05) is 12.6 Å². The summed E-state index contributed by atoms with van der Waals surface area (Å²) in [5, 5.41) is 19.5. The number of benzene rings is 1. The van der Waals surface area contributed by atoms with Crippen molar-refractivity contribution in [3.8, 4) is 17.2 Å². The summed E-state index contributed by atoms with van der Waals surface area (Å²) >= 11 is 3.38. The zero-order valence-electron chi connectivity index (χ0n) is 14.4. The number of nitrogens with zero attached hydrogens (tertiary/aromatic N) is 1. The number of aromatic amines is 1. The molecular formula is C17H20BrN3O5. The second kappa shape index (κ2) is 7.96. The first-order valence-electron chi connectivity index (χ1n) is 8.18. The molecule has 3 rings (SSSR count). The largest absolute Gasteiger partial charge is 0.491 e. The number of hydrogen-bond donors (Lipinski definition) is 3. The highest BCUT2D eigenvalue weighted by Gasteiger charge is 2.20. The van der Waals surface area contributed by atoms with Crippen LogP contribution < -0.4 is 19.5 Å². The van der Waals surface area contributed by atoms with E-state index in [2.05, 4.69) is 31.4 Å². The minimum absolute atomic E-state index is 0.0267. The number of carbonyl (C=O) groups is 1. The summed E-state index contributed by atoms with van der Waals surface area (Å²) in [6, 6.07) is 5.17. The topological polar surface area (TPSA) is 106 Å². The maximum Gasteiger partial charge on any atom is 0.273 e. The summed E-state index contributed by atoms with van der Waals surface area (Å²) in [5.41, 5.74) is 1.11. The van der Waals surface area contributed by atoms with E-state index in [-0.39, 0.29) is 37.5 Å². The number of aromatic nitrogens is 2. The lowest BCUT2D eigenvalue weighted by molar-refractivity contribution is 0.0839. The smallest absolute Gasteiger partial charge is 0.273 e. The van der Waals surface area contributed by atoms with Crippen LogP contribution in [0.5, 0.6) is 17.2 Å². The van der Waals surface area contributed by atoms with E-state index in [1.807, 2.05) is 13.8 Å². The SMILES string of the molecule is CC(C)c1[nH]nc(C(=O)NCC(O)COc2ccc3c(c2)OCO3)c1Br. The summed E-state index contributed by atoms with van der Waals surface area (Å²) < 4.78 is 16.7. The quantitative estimate of drug-likeness (QED) is 0.627. The van der Waals surface area contributed by atoms with Crippen LogP contribution in [0, 0.1) is 0 Å². The Balaban J connectivity index is 1.48. The molecule has 9 heteroatoms. The highest BCUT2D eigenvalue weighted by molar-refractivity contribution is 9.10. The molecule has 3 N–H and O–H groups in total. The molecule has 0 bridgehead atoms. The van der Waals surface area contributed by atoms with Gasteiger partial charge in [0.25, 0.3) is 5.91 Å². The van der Waals surface area contributed by atoms with Gasteiger partial charge in [-0.15, -0.1) is 0 Å². The maximum absolute atomic E-state index is 12.2. The normalized spacial score (nSPS) is 13.7. The fourth-order valence-corrected chi connectivity index (χ4v) is 3.20. The highest BCUT2D eigenvalue weighted by atomic mass is 79.9. The zero-order chi connectivity index (χ0) is 18.7. The van der Waals surface area contributed by atoms with Crippen LogP contribution in [0.4, 0.5) is 0 Å². The van der Waals surface area contributed by atoms with E-state index >= 15 is 0 Å². The van der Waals surface area contributed by atoms with E-state index in [1.165, 1.54) is 0 Å². The molecule has 1 amide bonds. The first-order chi connectivity index (χ1) is 12.5. The van der Waals surface area contributed by atoms with Crippen LogP contribution >= 0.6 is 15.9 Å². The molecule has 140 valence electrons. The van der Waals surface area contributed by atoms with Gasteiger partial charge in [-0.2, -0.15) is 5.10 Å². The molecule has 26 heavy (non-hydrogen) atoms. The summed E-state index contributed by atoms with van der Waals surface area (Å²) in [5.74, 6) is 1.66. The van der Waals surface area contributed by atoms with E-state index in [0.717, 1.165) is 5.69 Å². The molecular weight excluding hydrogens is 406 g/mol. The van der Waals surface area contributed by atoms with Gasteiger partial charge in [-0.05, 0) is 34.0 Å². The Morgan fingerprint density at radius 1 is 1.42 bits per heavy atom. The third kappa shape index (κ3) is 4.10. The minimum Gasteiger partial charge on any atom is -0.491 e. The fraction of sp³-hybridized carbons (Fsp3) is 0.412. The second-order valence-electron chi connectivity index (χ2n) is 6.14. The summed E-state index contributed by atoms with van der Waals surface area (Å²) in [6.07, 6.45) is -0.869. The van der Waals surface area contributed by atoms with Gasteiger partial charge in [-0.25, -0.2) is 0 Å². The number of hydrogen-bond acceptors (Lipinski definition) is 6. The van der Waals surface area contributed by atoms with E-state index in [9.17, 15) is 9.90 Å². The molecule has 1 atom stereocenters. The molecule has 2 heterocycles. The van der Waals surface area contributed by atoms with Gasteiger partial charge >= 0.3 is 0 Å².